The first-order chi connectivity index (χ1) is 12.8. The highest BCUT2D eigenvalue weighted by molar-refractivity contribution is 5.94. The third-order valence-corrected chi connectivity index (χ3v) is 4.30. The van der Waals surface area contributed by atoms with Crippen LogP contribution in [0.5, 0.6) is 5.75 Å². The van der Waals surface area contributed by atoms with Crippen LogP contribution in [-0.2, 0) is 4.79 Å². The Morgan fingerprint density at radius 3 is 2.88 bits per heavy atom. The molecule has 0 saturated carbocycles. The lowest BCUT2D eigenvalue weighted by molar-refractivity contribution is -0.116. The number of hydrogen-bond donors (Lipinski definition) is 1. The van der Waals surface area contributed by atoms with E-state index < -0.39 is 0 Å². The molecular formula is C20H16N4O2. The molecule has 1 amide bonds. The molecule has 128 valence electrons. The predicted molar refractivity (Wildman–Crippen MR) is 97.2 cm³/mol. The van der Waals surface area contributed by atoms with Crippen molar-refractivity contribution in [3.8, 4) is 23.8 Å². The van der Waals surface area contributed by atoms with Crippen LogP contribution in [-0.4, -0.2) is 27.0 Å². The van der Waals surface area contributed by atoms with E-state index in [4.69, 9.17) is 11.2 Å². The summed E-state index contributed by atoms with van der Waals surface area (Å²) in [5.41, 5.74) is 2.69. The summed E-state index contributed by atoms with van der Waals surface area (Å²) < 4.78 is 7.25. The van der Waals surface area contributed by atoms with Crippen molar-refractivity contribution in [3.63, 3.8) is 0 Å². The first-order valence-corrected chi connectivity index (χ1v) is 8.20. The molecule has 1 aliphatic heterocycles. The Bertz CT molecular complexity index is 971. The summed E-state index contributed by atoms with van der Waals surface area (Å²) in [7, 11) is 0. The minimum absolute atomic E-state index is 0.0409. The Labute approximate surface area is 150 Å². The number of fused-ring (bicyclic) bond motifs is 1. The Kier molecular flexibility index (Phi) is 4.12. The number of terminal acetylenes is 1. The molecule has 0 spiro atoms. The number of carbonyl (C=O) groups excluding carboxylic acids is 1. The van der Waals surface area contributed by atoms with E-state index in [1.807, 2.05) is 41.0 Å². The number of nitrogens with zero attached hydrogens (tertiary/aromatic N) is 3. The largest absolute Gasteiger partial charge is 0.481 e. The Morgan fingerprint density at radius 2 is 2.15 bits per heavy atom. The molecule has 0 radical (unpaired) electrons. The molecule has 6 heteroatoms. The summed E-state index contributed by atoms with van der Waals surface area (Å²) in [6.07, 6.45) is 10.7. The van der Waals surface area contributed by atoms with E-state index in [-0.39, 0.29) is 18.4 Å². The molecule has 0 saturated heterocycles. The molecule has 26 heavy (non-hydrogen) atoms. The molecule has 1 N–H and O–H groups in total. The molecule has 1 aromatic carbocycles. The number of nitrogens with one attached hydrogen (secondary N) is 1. The number of rotatable bonds is 4. The second kappa shape index (κ2) is 6.73. The number of imidazole rings is 1. The smallest absolute Gasteiger partial charge is 0.226 e. The van der Waals surface area contributed by atoms with Crippen molar-refractivity contribution in [2.75, 3.05) is 11.9 Å². The van der Waals surface area contributed by atoms with E-state index in [2.05, 4.69) is 21.2 Å². The van der Waals surface area contributed by atoms with E-state index in [1.54, 1.807) is 18.7 Å². The SMILES string of the molecule is C#CCOc1ccc([C@@H]2CC(=O)Nc3c2ncn3-c2cccnc2)cc1. The quantitative estimate of drug-likeness (QED) is 0.739. The maximum absolute atomic E-state index is 12.3. The van der Waals surface area contributed by atoms with Gasteiger partial charge in [0.15, 0.2) is 0 Å². The fourth-order valence-electron chi connectivity index (χ4n) is 3.10. The number of hydrogen-bond acceptors (Lipinski definition) is 4. The third kappa shape index (κ3) is 2.91. The molecule has 4 rings (SSSR count). The molecule has 0 aliphatic carbocycles. The van der Waals surface area contributed by atoms with Crippen molar-refractivity contribution >= 4 is 11.7 Å². The van der Waals surface area contributed by atoms with E-state index in [1.165, 1.54) is 0 Å². The number of amides is 1. The highest BCUT2D eigenvalue weighted by Crippen LogP contribution is 2.37. The van der Waals surface area contributed by atoms with Gasteiger partial charge in [0.05, 0.1) is 17.6 Å². The Morgan fingerprint density at radius 1 is 1.31 bits per heavy atom. The average Bonchev–Trinajstić information content (AvgIpc) is 3.10. The van der Waals surface area contributed by atoms with Crippen molar-refractivity contribution in [2.45, 2.75) is 12.3 Å². The second-order valence-electron chi connectivity index (χ2n) is 5.93. The average molecular weight is 344 g/mol. The molecule has 0 bridgehead atoms. The van der Waals surface area contributed by atoms with Crippen LogP contribution in [0.1, 0.15) is 23.6 Å². The lowest BCUT2D eigenvalue weighted by Gasteiger charge is -2.23. The van der Waals surface area contributed by atoms with Gasteiger partial charge >= 0.3 is 0 Å². The van der Waals surface area contributed by atoms with Crippen LogP contribution >= 0.6 is 0 Å². The van der Waals surface area contributed by atoms with Crippen LogP contribution in [0.3, 0.4) is 0 Å². The lowest BCUT2D eigenvalue weighted by Crippen LogP contribution is -2.24. The molecule has 1 atom stereocenters. The zero-order chi connectivity index (χ0) is 17.9. The topological polar surface area (TPSA) is 69.0 Å². The number of carbonyl (C=O) groups is 1. The Balaban J connectivity index is 1.69. The highest BCUT2D eigenvalue weighted by atomic mass is 16.5. The molecule has 1 aliphatic rings. The molecule has 3 heterocycles. The van der Waals surface area contributed by atoms with Crippen LogP contribution < -0.4 is 10.1 Å². The third-order valence-electron chi connectivity index (χ3n) is 4.30. The highest BCUT2D eigenvalue weighted by Gasteiger charge is 2.31. The van der Waals surface area contributed by atoms with Gasteiger partial charge in [-0.2, -0.15) is 0 Å². The van der Waals surface area contributed by atoms with Gasteiger partial charge in [0.25, 0.3) is 0 Å². The maximum atomic E-state index is 12.3. The number of anilines is 1. The van der Waals surface area contributed by atoms with E-state index in [0.717, 1.165) is 16.9 Å². The van der Waals surface area contributed by atoms with Crippen molar-refractivity contribution in [1.82, 2.24) is 14.5 Å². The normalized spacial score (nSPS) is 15.7. The molecule has 6 nitrogen and oxygen atoms in total. The van der Waals surface area contributed by atoms with Crippen LogP contribution in [0.15, 0.2) is 55.1 Å². The predicted octanol–water partition coefficient (Wildman–Crippen LogP) is 2.75. The zero-order valence-corrected chi connectivity index (χ0v) is 13.9. The van der Waals surface area contributed by atoms with Gasteiger partial charge in [-0.15, -0.1) is 6.42 Å². The van der Waals surface area contributed by atoms with Crippen LogP contribution in [0.2, 0.25) is 0 Å². The van der Waals surface area contributed by atoms with Crippen LogP contribution in [0, 0.1) is 12.3 Å². The number of benzene rings is 1. The fraction of sp³-hybridized carbons (Fsp3) is 0.150. The molecule has 0 fully saturated rings. The minimum Gasteiger partial charge on any atom is -0.481 e. The second-order valence-corrected chi connectivity index (χ2v) is 5.93. The number of pyridine rings is 1. The summed E-state index contributed by atoms with van der Waals surface area (Å²) >= 11 is 0. The van der Waals surface area contributed by atoms with E-state index in [9.17, 15) is 4.79 Å². The van der Waals surface area contributed by atoms with Gasteiger partial charge in [0.1, 0.15) is 24.5 Å². The lowest BCUT2D eigenvalue weighted by atomic mass is 9.90. The summed E-state index contributed by atoms with van der Waals surface area (Å²) in [6, 6.07) is 11.4. The summed E-state index contributed by atoms with van der Waals surface area (Å²) in [6.45, 7) is 0.227. The van der Waals surface area contributed by atoms with Crippen molar-refractivity contribution in [1.29, 1.82) is 0 Å². The monoisotopic (exact) mass is 344 g/mol. The summed E-state index contributed by atoms with van der Waals surface area (Å²) in [5, 5.41) is 2.93. The van der Waals surface area contributed by atoms with E-state index >= 15 is 0 Å². The van der Waals surface area contributed by atoms with Gasteiger partial charge in [-0.3, -0.25) is 14.3 Å². The number of aromatic nitrogens is 3. The van der Waals surface area contributed by atoms with Gasteiger partial charge in [0.2, 0.25) is 5.91 Å². The first kappa shape index (κ1) is 15.9. The summed E-state index contributed by atoms with van der Waals surface area (Å²) in [5.74, 6) is 3.67. The molecule has 2 aromatic heterocycles. The van der Waals surface area contributed by atoms with Gasteiger partial charge in [-0.25, -0.2) is 4.98 Å². The van der Waals surface area contributed by atoms with Gasteiger partial charge < -0.3 is 10.1 Å². The van der Waals surface area contributed by atoms with Crippen molar-refractivity contribution in [2.24, 2.45) is 0 Å². The molecule has 0 unspecified atom stereocenters. The zero-order valence-electron chi connectivity index (χ0n) is 13.9. The fourth-order valence-corrected chi connectivity index (χ4v) is 3.10. The van der Waals surface area contributed by atoms with Crippen LogP contribution in [0.25, 0.3) is 5.69 Å². The minimum atomic E-state index is -0.113. The Hall–Kier alpha value is -3.59. The van der Waals surface area contributed by atoms with Crippen LogP contribution in [0.4, 0.5) is 5.82 Å². The van der Waals surface area contributed by atoms with Gasteiger partial charge in [-0.1, -0.05) is 18.1 Å². The van der Waals surface area contributed by atoms with Gasteiger partial charge in [-0.05, 0) is 29.8 Å². The van der Waals surface area contributed by atoms with Gasteiger partial charge in [0, 0.05) is 18.5 Å². The summed E-state index contributed by atoms with van der Waals surface area (Å²) in [4.78, 5) is 21.0. The standard InChI is InChI=1S/C20H16N4O2/c1-2-10-26-16-7-5-14(6-8-16)17-11-18(25)23-20-19(17)22-13-24(20)15-4-3-9-21-12-15/h1,3-9,12-13,17H,10-11H2,(H,23,25)/t17-/m0/s1. The van der Waals surface area contributed by atoms with Crippen molar-refractivity contribution in [3.05, 3.63) is 66.4 Å². The molecular weight excluding hydrogens is 328 g/mol. The first-order valence-electron chi connectivity index (χ1n) is 8.20. The van der Waals surface area contributed by atoms with Crippen molar-refractivity contribution < 1.29 is 9.53 Å². The molecule has 3 aromatic rings. The van der Waals surface area contributed by atoms with E-state index in [0.29, 0.717) is 18.0 Å². The number of ether oxygens (including phenoxy) is 1. The maximum Gasteiger partial charge on any atom is 0.226 e.